The van der Waals surface area contributed by atoms with Gasteiger partial charge in [0, 0.05) is 13.0 Å². The number of unbranched alkanes of at least 4 members (excludes halogenated alkanes) is 8. The molecule has 1 amide bonds. The predicted octanol–water partition coefficient (Wildman–Crippen LogP) is 4.68. The molecule has 0 rings (SSSR count). The molecule has 0 unspecified atom stereocenters. The van der Waals surface area contributed by atoms with Crippen LogP contribution >= 0.6 is 0 Å². The van der Waals surface area contributed by atoms with E-state index in [2.05, 4.69) is 26.1 Å². The van der Waals surface area contributed by atoms with E-state index in [1.165, 1.54) is 51.4 Å². The number of nitrogens with one attached hydrogen (secondary N) is 1. The van der Waals surface area contributed by atoms with Crippen molar-refractivity contribution < 1.29 is 4.79 Å². The molecule has 0 fully saturated rings. The van der Waals surface area contributed by atoms with Gasteiger partial charge in [0.05, 0.1) is 0 Å². The van der Waals surface area contributed by atoms with Crippen molar-refractivity contribution in [1.82, 2.24) is 5.32 Å². The van der Waals surface area contributed by atoms with Gasteiger partial charge in [0.1, 0.15) is 0 Å². The molecular weight excluding hydrogens is 222 g/mol. The fraction of sp³-hybridized carbons (Fsp3) is 0.938. The van der Waals surface area contributed by atoms with Gasteiger partial charge in [-0.1, -0.05) is 72.1 Å². The third-order valence-electron chi connectivity index (χ3n) is 3.21. The summed E-state index contributed by atoms with van der Waals surface area (Å²) >= 11 is 0. The molecule has 0 aliphatic carbocycles. The van der Waals surface area contributed by atoms with Crippen molar-refractivity contribution in [1.29, 1.82) is 0 Å². The lowest BCUT2D eigenvalue weighted by Crippen LogP contribution is -2.26. The summed E-state index contributed by atoms with van der Waals surface area (Å²) < 4.78 is 0. The highest BCUT2D eigenvalue weighted by Gasteiger charge is 2.01. The zero-order valence-corrected chi connectivity index (χ0v) is 12.8. The third-order valence-corrected chi connectivity index (χ3v) is 3.21. The highest BCUT2D eigenvalue weighted by molar-refractivity contribution is 5.75. The molecule has 0 aromatic carbocycles. The van der Waals surface area contributed by atoms with Crippen LogP contribution < -0.4 is 5.32 Å². The topological polar surface area (TPSA) is 29.1 Å². The van der Waals surface area contributed by atoms with E-state index in [-0.39, 0.29) is 5.91 Å². The minimum Gasteiger partial charge on any atom is -0.356 e. The van der Waals surface area contributed by atoms with Crippen molar-refractivity contribution in [3.8, 4) is 0 Å². The summed E-state index contributed by atoms with van der Waals surface area (Å²) in [6, 6.07) is 0. The lowest BCUT2D eigenvalue weighted by Gasteiger charge is -2.07. The van der Waals surface area contributed by atoms with Gasteiger partial charge in [0.2, 0.25) is 5.91 Å². The zero-order valence-electron chi connectivity index (χ0n) is 12.8. The maximum absolute atomic E-state index is 11.4. The largest absolute Gasteiger partial charge is 0.356 e. The van der Waals surface area contributed by atoms with Crippen LogP contribution in [-0.4, -0.2) is 12.5 Å². The fourth-order valence-corrected chi connectivity index (χ4v) is 2.00. The normalized spacial score (nSPS) is 10.9. The maximum Gasteiger partial charge on any atom is 0.220 e. The van der Waals surface area contributed by atoms with E-state index < -0.39 is 0 Å². The summed E-state index contributed by atoms with van der Waals surface area (Å²) in [5.41, 5.74) is 0. The first-order valence-electron chi connectivity index (χ1n) is 7.93. The van der Waals surface area contributed by atoms with Gasteiger partial charge in [0.15, 0.2) is 0 Å². The number of rotatable bonds is 12. The Morgan fingerprint density at radius 2 is 1.39 bits per heavy atom. The molecule has 0 aliphatic rings. The van der Waals surface area contributed by atoms with Gasteiger partial charge in [-0.05, 0) is 12.3 Å². The molecule has 0 aromatic heterocycles. The molecule has 0 atom stereocenters. The van der Waals surface area contributed by atoms with Crippen LogP contribution in [0.2, 0.25) is 0 Å². The molecule has 0 radical (unpaired) electrons. The van der Waals surface area contributed by atoms with Crippen LogP contribution in [-0.2, 0) is 4.79 Å². The van der Waals surface area contributed by atoms with E-state index in [1.54, 1.807) is 0 Å². The monoisotopic (exact) mass is 255 g/mol. The molecule has 2 heteroatoms. The van der Waals surface area contributed by atoms with E-state index in [4.69, 9.17) is 0 Å². The minimum atomic E-state index is 0.228. The second-order valence-corrected chi connectivity index (χ2v) is 5.78. The van der Waals surface area contributed by atoms with E-state index in [0.29, 0.717) is 12.3 Å². The summed E-state index contributed by atoms with van der Waals surface area (Å²) in [6.07, 6.45) is 12.5. The Morgan fingerprint density at radius 1 is 0.889 bits per heavy atom. The van der Waals surface area contributed by atoms with Gasteiger partial charge >= 0.3 is 0 Å². The summed E-state index contributed by atoms with van der Waals surface area (Å²) in [5.74, 6) is 0.781. The van der Waals surface area contributed by atoms with Crippen LogP contribution in [0.4, 0.5) is 0 Å². The summed E-state index contributed by atoms with van der Waals surface area (Å²) in [7, 11) is 0. The van der Waals surface area contributed by atoms with Gasteiger partial charge in [0.25, 0.3) is 0 Å². The van der Waals surface area contributed by atoms with Crippen LogP contribution in [0.15, 0.2) is 0 Å². The summed E-state index contributed by atoms with van der Waals surface area (Å²) in [5, 5.41) is 2.97. The number of hydrogen-bond donors (Lipinski definition) is 1. The molecule has 2 nitrogen and oxygen atoms in total. The van der Waals surface area contributed by atoms with Gasteiger partial charge in [-0.15, -0.1) is 0 Å². The molecule has 0 aromatic rings. The van der Waals surface area contributed by atoms with Crippen molar-refractivity contribution in [2.24, 2.45) is 5.92 Å². The van der Waals surface area contributed by atoms with Crippen LogP contribution in [0, 0.1) is 5.92 Å². The Morgan fingerprint density at radius 3 is 1.89 bits per heavy atom. The highest BCUT2D eigenvalue weighted by Crippen LogP contribution is 2.10. The second-order valence-electron chi connectivity index (χ2n) is 5.78. The Labute approximate surface area is 114 Å². The quantitative estimate of drug-likeness (QED) is 0.504. The molecule has 108 valence electrons. The van der Waals surface area contributed by atoms with Crippen molar-refractivity contribution in [2.75, 3.05) is 6.54 Å². The molecule has 0 heterocycles. The smallest absolute Gasteiger partial charge is 0.220 e. The van der Waals surface area contributed by atoms with E-state index in [1.807, 2.05) is 0 Å². The molecule has 0 saturated carbocycles. The van der Waals surface area contributed by atoms with Crippen molar-refractivity contribution in [3.05, 3.63) is 0 Å². The molecule has 1 N–H and O–H groups in total. The fourth-order valence-electron chi connectivity index (χ4n) is 2.00. The van der Waals surface area contributed by atoms with Crippen molar-refractivity contribution in [2.45, 2.75) is 85.0 Å². The molecule has 0 spiro atoms. The Balaban J connectivity index is 3.12. The van der Waals surface area contributed by atoms with Gasteiger partial charge < -0.3 is 5.32 Å². The maximum atomic E-state index is 11.4. The van der Waals surface area contributed by atoms with Crippen molar-refractivity contribution >= 4 is 5.91 Å². The zero-order chi connectivity index (χ0) is 13.6. The Hall–Kier alpha value is -0.530. The van der Waals surface area contributed by atoms with Gasteiger partial charge in [-0.3, -0.25) is 4.79 Å². The first-order valence-corrected chi connectivity index (χ1v) is 7.93. The van der Waals surface area contributed by atoms with Crippen LogP contribution in [0.1, 0.15) is 85.0 Å². The second kappa shape index (κ2) is 12.9. The van der Waals surface area contributed by atoms with Crippen LogP contribution in [0.25, 0.3) is 0 Å². The first-order chi connectivity index (χ1) is 8.66. The number of amides is 1. The average molecular weight is 255 g/mol. The first kappa shape index (κ1) is 17.5. The molecule has 18 heavy (non-hydrogen) atoms. The van der Waals surface area contributed by atoms with Gasteiger partial charge in [-0.25, -0.2) is 0 Å². The van der Waals surface area contributed by atoms with Gasteiger partial charge in [-0.2, -0.15) is 0 Å². The van der Waals surface area contributed by atoms with E-state index in [0.717, 1.165) is 13.0 Å². The molecule has 0 saturated heterocycles. The minimum absolute atomic E-state index is 0.228. The Bertz CT molecular complexity index is 190. The average Bonchev–Trinajstić information content (AvgIpc) is 2.34. The predicted molar refractivity (Wildman–Crippen MR) is 79.7 cm³/mol. The third kappa shape index (κ3) is 13.5. The van der Waals surface area contributed by atoms with E-state index in [9.17, 15) is 4.79 Å². The molecule has 0 aliphatic heterocycles. The summed E-state index contributed by atoms with van der Waals surface area (Å²) in [4.78, 5) is 11.4. The Kier molecular flexibility index (Phi) is 12.5. The lowest BCUT2D eigenvalue weighted by atomic mass is 10.1. The van der Waals surface area contributed by atoms with Crippen LogP contribution in [0.3, 0.4) is 0 Å². The summed E-state index contributed by atoms with van der Waals surface area (Å²) in [6.45, 7) is 7.32. The SMILES string of the molecule is CCCCCCCCCCCC(=O)NCC(C)C. The molecular formula is C16H33NO. The number of hydrogen-bond acceptors (Lipinski definition) is 1. The highest BCUT2D eigenvalue weighted by atomic mass is 16.1. The van der Waals surface area contributed by atoms with Crippen LogP contribution in [0.5, 0.6) is 0 Å². The standard InChI is InChI=1S/C16H33NO/c1-4-5-6-7-8-9-10-11-12-13-16(18)17-14-15(2)3/h15H,4-14H2,1-3H3,(H,17,18). The molecule has 0 bridgehead atoms. The number of carbonyl (C=O) groups is 1. The van der Waals surface area contributed by atoms with E-state index >= 15 is 0 Å². The number of carbonyl (C=O) groups excluding carboxylic acids is 1. The van der Waals surface area contributed by atoms with Crippen molar-refractivity contribution in [3.63, 3.8) is 0 Å². The lowest BCUT2D eigenvalue weighted by molar-refractivity contribution is -0.121.